The van der Waals surface area contributed by atoms with Crippen LogP contribution in [0, 0.1) is 0 Å². The van der Waals surface area contributed by atoms with E-state index in [1.807, 2.05) is 6.08 Å². The molecule has 15 heavy (non-hydrogen) atoms. The topological polar surface area (TPSA) is 38.8 Å². The zero-order chi connectivity index (χ0) is 11.5. The molecule has 1 heterocycles. The Morgan fingerprint density at radius 3 is 2.53 bits per heavy atom. The van der Waals surface area contributed by atoms with Gasteiger partial charge in [-0.15, -0.1) is 0 Å². The van der Waals surface area contributed by atoms with Gasteiger partial charge >= 0.3 is 5.97 Å². The van der Waals surface area contributed by atoms with Gasteiger partial charge in [0.1, 0.15) is 6.61 Å². The fourth-order valence-electron chi connectivity index (χ4n) is 1.50. The zero-order valence-electron chi connectivity index (χ0n) is 10.0. The number of ether oxygens (including phenoxy) is 2. The van der Waals surface area contributed by atoms with Crippen LogP contribution in [0.25, 0.3) is 0 Å². The number of carbonyl (C=O) groups is 1. The maximum atomic E-state index is 10.5. The lowest BCUT2D eigenvalue weighted by atomic mass is 10.0. The van der Waals surface area contributed by atoms with Gasteiger partial charge in [-0.05, 0) is 39.7 Å². The van der Waals surface area contributed by atoms with E-state index in [0.717, 1.165) is 12.8 Å². The zero-order valence-corrected chi connectivity index (χ0v) is 10.0. The average Bonchev–Trinajstić information content (AvgIpc) is 2.70. The third-order valence-electron chi connectivity index (χ3n) is 2.68. The molecule has 0 radical (unpaired) electrons. The van der Waals surface area contributed by atoms with Crippen LogP contribution in [-0.4, -0.2) is 24.3 Å². The van der Waals surface area contributed by atoms with Gasteiger partial charge in [-0.2, -0.15) is 0 Å². The van der Waals surface area contributed by atoms with Crippen LogP contribution in [0.4, 0.5) is 0 Å². The van der Waals surface area contributed by atoms with Crippen LogP contribution >= 0.6 is 0 Å². The first-order chi connectivity index (χ1) is 6.92. The highest BCUT2D eigenvalue weighted by atomic mass is 16.6. The van der Waals surface area contributed by atoms with Crippen molar-refractivity contribution in [2.24, 2.45) is 0 Å². The number of epoxide rings is 1. The molecule has 86 valence electrons. The Balaban J connectivity index is 2.13. The molecule has 1 aliphatic heterocycles. The predicted molar refractivity (Wildman–Crippen MR) is 58.6 cm³/mol. The number of hydrogen-bond acceptors (Lipinski definition) is 3. The normalized spacial score (nSPS) is 23.7. The maximum Gasteiger partial charge on any atom is 0.302 e. The van der Waals surface area contributed by atoms with Gasteiger partial charge in [0.25, 0.3) is 0 Å². The number of hydrogen-bond donors (Lipinski definition) is 0. The Morgan fingerprint density at radius 1 is 1.47 bits per heavy atom. The summed E-state index contributed by atoms with van der Waals surface area (Å²) in [5.74, 6) is -0.231. The van der Waals surface area contributed by atoms with Gasteiger partial charge in [0.2, 0.25) is 0 Å². The molecule has 3 nitrogen and oxygen atoms in total. The van der Waals surface area contributed by atoms with Crippen LogP contribution in [0.3, 0.4) is 0 Å². The van der Waals surface area contributed by atoms with Crippen LogP contribution < -0.4 is 0 Å². The van der Waals surface area contributed by atoms with Crippen molar-refractivity contribution >= 4 is 5.97 Å². The summed E-state index contributed by atoms with van der Waals surface area (Å²) in [5.41, 5.74) is 1.33. The number of rotatable bonds is 5. The molecule has 0 unspecified atom stereocenters. The second-order valence-corrected chi connectivity index (χ2v) is 4.60. The van der Waals surface area contributed by atoms with Gasteiger partial charge < -0.3 is 9.47 Å². The Bertz CT molecular complexity index is 266. The quantitative estimate of drug-likeness (QED) is 0.399. The van der Waals surface area contributed by atoms with Crippen LogP contribution in [-0.2, 0) is 14.3 Å². The molecule has 1 aliphatic rings. The maximum absolute atomic E-state index is 10.5. The Labute approximate surface area is 91.4 Å². The first-order valence-corrected chi connectivity index (χ1v) is 5.38. The summed E-state index contributed by atoms with van der Waals surface area (Å²) in [6, 6.07) is 0. The van der Waals surface area contributed by atoms with Gasteiger partial charge in [-0.25, -0.2) is 0 Å². The molecular formula is C12H20O3. The van der Waals surface area contributed by atoms with Crippen molar-refractivity contribution in [3.8, 4) is 0 Å². The van der Waals surface area contributed by atoms with E-state index in [1.54, 1.807) is 0 Å². The smallest absolute Gasteiger partial charge is 0.302 e. The monoisotopic (exact) mass is 212 g/mol. The fourth-order valence-corrected chi connectivity index (χ4v) is 1.50. The van der Waals surface area contributed by atoms with E-state index >= 15 is 0 Å². The molecule has 1 rings (SSSR count). The van der Waals surface area contributed by atoms with Gasteiger partial charge in [-0.3, -0.25) is 4.79 Å². The van der Waals surface area contributed by atoms with E-state index in [-0.39, 0.29) is 11.6 Å². The summed E-state index contributed by atoms with van der Waals surface area (Å²) in [6.45, 7) is 8.07. The molecule has 0 spiro atoms. The summed E-state index contributed by atoms with van der Waals surface area (Å²) in [5, 5.41) is 0. The molecule has 0 amide bonds. The lowest BCUT2D eigenvalue weighted by molar-refractivity contribution is -0.139. The minimum absolute atomic E-state index is 0.0795. The van der Waals surface area contributed by atoms with Crippen molar-refractivity contribution in [3.63, 3.8) is 0 Å². The molecule has 0 saturated carbocycles. The molecule has 0 aromatic rings. The van der Waals surface area contributed by atoms with E-state index in [0.29, 0.717) is 12.7 Å². The number of carbonyl (C=O) groups excluding carboxylic acids is 1. The second kappa shape index (κ2) is 4.79. The van der Waals surface area contributed by atoms with Gasteiger partial charge in [0, 0.05) is 6.92 Å². The largest absolute Gasteiger partial charge is 0.462 e. The molecule has 0 bridgehead atoms. The summed E-state index contributed by atoms with van der Waals surface area (Å²) in [7, 11) is 0. The standard InChI is InChI=1S/C12H20O3/c1-9(7-8-14-10(2)13)5-6-11-12(3,4)15-11/h7,11H,5-6,8H2,1-4H3/b9-7-/t11-/m0/s1. The summed E-state index contributed by atoms with van der Waals surface area (Å²) in [6.07, 6.45) is 4.41. The van der Waals surface area contributed by atoms with Crippen molar-refractivity contribution in [2.75, 3.05) is 6.61 Å². The molecule has 1 atom stereocenters. The van der Waals surface area contributed by atoms with E-state index < -0.39 is 0 Å². The minimum Gasteiger partial charge on any atom is -0.462 e. The fraction of sp³-hybridized carbons (Fsp3) is 0.750. The van der Waals surface area contributed by atoms with Gasteiger partial charge in [0.05, 0.1) is 11.7 Å². The second-order valence-electron chi connectivity index (χ2n) is 4.60. The Kier molecular flexibility index (Phi) is 3.91. The molecular weight excluding hydrogens is 192 g/mol. The van der Waals surface area contributed by atoms with E-state index in [9.17, 15) is 4.79 Å². The van der Waals surface area contributed by atoms with E-state index in [1.165, 1.54) is 12.5 Å². The average molecular weight is 212 g/mol. The number of allylic oxidation sites excluding steroid dienone is 1. The molecule has 0 aliphatic carbocycles. The Hall–Kier alpha value is -0.830. The van der Waals surface area contributed by atoms with Crippen molar-refractivity contribution < 1.29 is 14.3 Å². The van der Waals surface area contributed by atoms with Gasteiger partial charge in [-0.1, -0.05) is 5.57 Å². The molecule has 0 aromatic heterocycles. The third kappa shape index (κ3) is 4.47. The molecule has 1 saturated heterocycles. The molecule has 3 heteroatoms. The molecule has 0 N–H and O–H groups in total. The summed E-state index contributed by atoms with van der Waals surface area (Å²) in [4.78, 5) is 10.5. The van der Waals surface area contributed by atoms with Crippen LogP contribution in [0.2, 0.25) is 0 Å². The van der Waals surface area contributed by atoms with E-state index in [2.05, 4.69) is 20.8 Å². The predicted octanol–water partition coefficient (Wildman–Crippen LogP) is 2.45. The van der Waals surface area contributed by atoms with E-state index in [4.69, 9.17) is 9.47 Å². The third-order valence-corrected chi connectivity index (χ3v) is 2.68. The number of esters is 1. The first-order valence-electron chi connectivity index (χ1n) is 5.38. The van der Waals surface area contributed by atoms with Crippen LogP contribution in [0.1, 0.15) is 40.5 Å². The molecule has 0 aromatic carbocycles. The molecule has 1 fully saturated rings. The Morgan fingerprint density at radius 2 is 2.07 bits per heavy atom. The summed E-state index contributed by atoms with van der Waals surface area (Å²) >= 11 is 0. The van der Waals surface area contributed by atoms with Crippen LogP contribution in [0.5, 0.6) is 0 Å². The van der Waals surface area contributed by atoms with Crippen molar-refractivity contribution in [3.05, 3.63) is 11.6 Å². The van der Waals surface area contributed by atoms with Crippen molar-refractivity contribution in [2.45, 2.75) is 52.2 Å². The van der Waals surface area contributed by atoms with Crippen LogP contribution in [0.15, 0.2) is 11.6 Å². The van der Waals surface area contributed by atoms with Gasteiger partial charge in [0.15, 0.2) is 0 Å². The highest BCUT2D eigenvalue weighted by molar-refractivity contribution is 5.66. The lowest BCUT2D eigenvalue weighted by Gasteiger charge is -2.01. The highest BCUT2D eigenvalue weighted by Gasteiger charge is 2.46. The summed E-state index contributed by atoms with van der Waals surface area (Å²) < 4.78 is 10.3. The highest BCUT2D eigenvalue weighted by Crippen LogP contribution is 2.38. The minimum atomic E-state index is -0.231. The van der Waals surface area contributed by atoms with Crippen molar-refractivity contribution in [1.82, 2.24) is 0 Å². The first kappa shape index (κ1) is 12.2. The van der Waals surface area contributed by atoms with Crippen molar-refractivity contribution in [1.29, 1.82) is 0 Å². The SMILES string of the molecule is CC(=O)OC/C=C(/C)CC[C@@H]1OC1(C)C. The lowest BCUT2D eigenvalue weighted by Crippen LogP contribution is -2.03.